The van der Waals surface area contributed by atoms with Gasteiger partial charge in [0.15, 0.2) is 5.82 Å². The van der Waals surface area contributed by atoms with Crippen LogP contribution in [0.1, 0.15) is 53.2 Å². The molecule has 0 spiro atoms. The van der Waals surface area contributed by atoms with Crippen LogP contribution in [0, 0.1) is 0 Å². The highest BCUT2D eigenvalue weighted by atomic mass is 16.5. The van der Waals surface area contributed by atoms with Crippen LogP contribution in [0.15, 0.2) is 48.5 Å². The summed E-state index contributed by atoms with van der Waals surface area (Å²) in [7, 11) is 1.64. The molecule has 1 aliphatic heterocycles. The number of hydrogen-bond acceptors (Lipinski definition) is 5. The van der Waals surface area contributed by atoms with Crippen molar-refractivity contribution in [1.29, 1.82) is 0 Å². The highest BCUT2D eigenvalue weighted by molar-refractivity contribution is 5.99. The molecule has 0 bridgehead atoms. The minimum Gasteiger partial charge on any atom is -0.497 e. The number of carbonyl (C=O) groups excluding carboxylic acids is 1. The van der Waals surface area contributed by atoms with Crippen LogP contribution >= 0.6 is 0 Å². The fraction of sp³-hybridized carbons (Fsp3) is 0.300. The highest BCUT2D eigenvalue weighted by Crippen LogP contribution is 2.38. The number of amides is 1. The quantitative estimate of drug-likeness (QED) is 0.697. The number of ether oxygens (including phenoxy) is 1. The Labute approximate surface area is 157 Å². The Morgan fingerprint density at radius 1 is 1.11 bits per heavy atom. The molecule has 0 saturated heterocycles. The summed E-state index contributed by atoms with van der Waals surface area (Å²) >= 11 is 0. The topological polar surface area (TPSA) is 73.1 Å². The Morgan fingerprint density at radius 3 is 2.56 bits per heavy atom. The normalized spacial score (nSPS) is 16.1. The summed E-state index contributed by atoms with van der Waals surface area (Å²) in [6, 6.07) is 15.2. The first-order valence-corrected chi connectivity index (χ1v) is 8.90. The van der Waals surface area contributed by atoms with Gasteiger partial charge in [0.2, 0.25) is 0 Å². The Bertz CT molecular complexity index is 965. The molecule has 1 atom stereocenters. The lowest BCUT2D eigenvalue weighted by atomic mass is 10.0. The fourth-order valence-electron chi connectivity index (χ4n) is 3.49. The van der Waals surface area contributed by atoms with Crippen LogP contribution in [0.3, 0.4) is 0 Å². The molecule has 0 radical (unpaired) electrons. The Kier molecular flexibility index (Phi) is 4.35. The van der Waals surface area contributed by atoms with E-state index in [9.17, 15) is 4.79 Å². The average Bonchev–Trinajstić information content (AvgIpc) is 3.26. The standard InChI is InChI=1S/C20H21N5O2/c1-13(2)25-19(21-22-23-25)18-16-6-4-5-7-17(16)20(26)24(18)12-14-8-10-15(27-3)11-9-14/h4-11,13,18H,12H2,1-3H3. The summed E-state index contributed by atoms with van der Waals surface area (Å²) < 4.78 is 7.00. The van der Waals surface area contributed by atoms with E-state index in [2.05, 4.69) is 15.5 Å². The predicted octanol–water partition coefficient (Wildman–Crippen LogP) is 3.01. The minimum atomic E-state index is -0.312. The molecule has 3 aromatic rings. The van der Waals surface area contributed by atoms with Gasteiger partial charge in [-0.2, -0.15) is 0 Å². The van der Waals surface area contributed by atoms with E-state index in [1.807, 2.05) is 67.3 Å². The number of benzene rings is 2. The van der Waals surface area contributed by atoms with Crippen LogP contribution in [0.5, 0.6) is 5.75 Å². The second-order valence-corrected chi connectivity index (χ2v) is 6.85. The van der Waals surface area contributed by atoms with Crippen LogP contribution < -0.4 is 4.74 Å². The number of nitrogens with zero attached hydrogens (tertiary/aromatic N) is 5. The fourth-order valence-corrected chi connectivity index (χ4v) is 3.49. The van der Waals surface area contributed by atoms with E-state index in [1.165, 1.54) is 0 Å². The van der Waals surface area contributed by atoms with Crippen molar-refractivity contribution in [3.8, 4) is 5.75 Å². The van der Waals surface area contributed by atoms with Crippen molar-refractivity contribution in [1.82, 2.24) is 25.1 Å². The van der Waals surface area contributed by atoms with Crippen LogP contribution in [0.2, 0.25) is 0 Å². The molecular weight excluding hydrogens is 342 g/mol. The summed E-state index contributed by atoms with van der Waals surface area (Å²) in [6.45, 7) is 4.51. The summed E-state index contributed by atoms with van der Waals surface area (Å²) in [5.41, 5.74) is 2.66. The zero-order valence-corrected chi connectivity index (χ0v) is 15.5. The summed E-state index contributed by atoms with van der Waals surface area (Å²) in [6.07, 6.45) is 0. The van der Waals surface area contributed by atoms with E-state index in [1.54, 1.807) is 11.8 Å². The average molecular weight is 363 g/mol. The third-order valence-corrected chi connectivity index (χ3v) is 4.82. The lowest BCUT2D eigenvalue weighted by molar-refractivity contribution is 0.0726. The summed E-state index contributed by atoms with van der Waals surface area (Å²) in [4.78, 5) is 15.0. The lowest BCUT2D eigenvalue weighted by Gasteiger charge is -2.25. The number of tetrazole rings is 1. The van der Waals surface area contributed by atoms with E-state index in [-0.39, 0.29) is 18.0 Å². The smallest absolute Gasteiger partial charge is 0.255 e. The van der Waals surface area contributed by atoms with E-state index < -0.39 is 0 Å². The van der Waals surface area contributed by atoms with Gasteiger partial charge in [-0.05, 0) is 53.6 Å². The van der Waals surface area contributed by atoms with Crippen LogP contribution in [-0.2, 0) is 6.54 Å². The molecule has 7 heteroatoms. The maximum atomic E-state index is 13.1. The molecule has 0 saturated carbocycles. The van der Waals surface area contributed by atoms with Gasteiger partial charge in [0.1, 0.15) is 11.8 Å². The molecule has 7 nitrogen and oxygen atoms in total. The largest absolute Gasteiger partial charge is 0.497 e. The minimum absolute atomic E-state index is 0.00951. The van der Waals surface area contributed by atoms with Gasteiger partial charge < -0.3 is 9.64 Å². The zero-order valence-electron chi connectivity index (χ0n) is 15.5. The number of carbonyl (C=O) groups is 1. The van der Waals surface area contributed by atoms with Gasteiger partial charge in [0, 0.05) is 12.1 Å². The molecule has 0 N–H and O–H groups in total. The van der Waals surface area contributed by atoms with Crippen LogP contribution in [0.4, 0.5) is 0 Å². The molecule has 4 rings (SSSR count). The molecule has 1 amide bonds. The lowest BCUT2D eigenvalue weighted by Crippen LogP contribution is -2.30. The first-order chi connectivity index (χ1) is 13.1. The number of rotatable bonds is 5. The predicted molar refractivity (Wildman–Crippen MR) is 99.4 cm³/mol. The number of hydrogen-bond donors (Lipinski definition) is 0. The van der Waals surface area contributed by atoms with Crippen molar-refractivity contribution >= 4 is 5.91 Å². The van der Waals surface area contributed by atoms with Gasteiger partial charge in [-0.25, -0.2) is 4.68 Å². The number of aromatic nitrogens is 4. The molecular formula is C20H21N5O2. The van der Waals surface area contributed by atoms with E-state index in [4.69, 9.17) is 4.74 Å². The van der Waals surface area contributed by atoms with Crippen molar-refractivity contribution in [2.45, 2.75) is 32.5 Å². The first kappa shape index (κ1) is 17.2. The van der Waals surface area contributed by atoms with Gasteiger partial charge in [-0.15, -0.1) is 5.10 Å². The third kappa shape index (κ3) is 2.95. The van der Waals surface area contributed by atoms with Gasteiger partial charge in [-0.3, -0.25) is 4.79 Å². The molecule has 0 fully saturated rings. The highest BCUT2D eigenvalue weighted by Gasteiger charge is 2.40. The second-order valence-electron chi connectivity index (χ2n) is 6.85. The van der Waals surface area contributed by atoms with E-state index in [0.717, 1.165) is 16.9 Å². The molecule has 1 aromatic heterocycles. The monoisotopic (exact) mass is 363 g/mol. The van der Waals surface area contributed by atoms with Crippen molar-refractivity contribution < 1.29 is 9.53 Å². The molecule has 0 aliphatic carbocycles. The van der Waals surface area contributed by atoms with E-state index >= 15 is 0 Å². The Morgan fingerprint density at radius 2 is 1.85 bits per heavy atom. The van der Waals surface area contributed by atoms with Gasteiger partial charge in [0.25, 0.3) is 5.91 Å². The van der Waals surface area contributed by atoms with Gasteiger partial charge >= 0.3 is 0 Å². The maximum absolute atomic E-state index is 13.1. The van der Waals surface area contributed by atoms with Crippen molar-refractivity contribution in [3.05, 3.63) is 71.0 Å². The summed E-state index contributed by atoms with van der Waals surface area (Å²) in [5, 5.41) is 12.2. The SMILES string of the molecule is COc1ccc(CN2C(=O)c3ccccc3C2c2nnnn2C(C)C)cc1. The molecule has 2 aromatic carbocycles. The molecule has 1 unspecified atom stereocenters. The van der Waals surface area contributed by atoms with E-state index in [0.29, 0.717) is 17.9 Å². The Hall–Kier alpha value is -3.22. The van der Waals surface area contributed by atoms with Crippen LogP contribution in [-0.4, -0.2) is 38.1 Å². The molecule has 1 aliphatic rings. The summed E-state index contributed by atoms with van der Waals surface area (Å²) in [5.74, 6) is 1.46. The van der Waals surface area contributed by atoms with Crippen molar-refractivity contribution in [2.75, 3.05) is 7.11 Å². The Balaban J connectivity index is 1.76. The second kappa shape index (κ2) is 6.83. The zero-order chi connectivity index (χ0) is 19.0. The van der Waals surface area contributed by atoms with Crippen molar-refractivity contribution in [3.63, 3.8) is 0 Å². The van der Waals surface area contributed by atoms with Crippen molar-refractivity contribution in [2.24, 2.45) is 0 Å². The number of fused-ring (bicyclic) bond motifs is 1. The maximum Gasteiger partial charge on any atom is 0.255 e. The molecule has 27 heavy (non-hydrogen) atoms. The molecule has 2 heterocycles. The van der Waals surface area contributed by atoms with Crippen LogP contribution in [0.25, 0.3) is 0 Å². The third-order valence-electron chi connectivity index (χ3n) is 4.82. The number of methoxy groups -OCH3 is 1. The first-order valence-electron chi connectivity index (χ1n) is 8.90. The van der Waals surface area contributed by atoms with Gasteiger partial charge in [0.05, 0.1) is 13.2 Å². The molecule has 138 valence electrons. The van der Waals surface area contributed by atoms with Gasteiger partial charge in [-0.1, -0.05) is 30.3 Å².